The van der Waals surface area contributed by atoms with Gasteiger partial charge in [-0.15, -0.1) is 23.5 Å². The van der Waals surface area contributed by atoms with Crippen molar-refractivity contribution in [1.29, 1.82) is 0 Å². The lowest BCUT2D eigenvalue weighted by Crippen LogP contribution is -1.68. The average Bonchev–Trinajstić information content (AvgIpc) is 2.33. The molecule has 0 radical (unpaired) electrons. The molecule has 1 aliphatic heterocycles. The average molecular weight is 189 g/mol. The lowest BCUT2D eigenvalue weighted by atomic mass is 10.4. The van der Waals surface area contributed by atoms with Crippen molar-refractivity contribution in [3.05, 3.63) is 23.2 Å². The molecule has 3 heteroatoms. The first-order valence-corrected chi connectivity index (χ1v) is 5.26. The molecule has 0 nitrogen and oxygen atoms in total. The third-order valence-corrected chi connectivity index (χ3v) is 3.96. The van der Waals surface area contributed by atoms with E-state index in [1.807, 2.05) is 35.7 Å². The second-order valence-corrected chi connectivity index (χ2v) is 4.83. The fourth-order valence-corrected chi connectivity index (χ4v) is 3.50. The fraction of sp³-hybridized carbons (Fsp3) is 0.143. The van der Waals surface area contributed by atoms with Crippen LogP contribution in [-0.4, -0.2) is 5.08 Å². The number of halogens is 1. The van der Waals surface area contributed by atoms with Gasteiger partial charge in [-0.3, -0.25) is 0 Å². The maximum absolute atomic E-state index is 5.80. The molecular formula is C7H5ClS2. The quantitative estimate of drug-likeness (QED) is 0.612. The first-order valence-electron chi connectivity index (χ1n) is 2.91. The smallest absolute Gasteiger partial charge is 0.0487 e. The predicted octanol–water partition coefficient (Wildman–Crippen LogP) is 3.50. The summed E-state index contributed by atoms with van der Waals surface area (Å²) in [6.07, 6.45) is 0. The van der Waals surface area contributed by atoms with E-state index in [9.17, 15) is 0 Å². The summed E-state index contributed by atoms with van der Waals surface area (Å²) in [6.45, 7) is 0. The van der Waals surface area contributed by atoms with Gasteiger partial charge in [-0.25, -0.2) is 0 Å². The number of rotatable bonds is 0. The van der Waals surface area contributed by atoms with Crippen LogP contribution in [0, 0.1) is 0 Å². The van der Waals surface area contributed by atoms with Crippen molar-refractivity contribution in [3.63, 3.8) is 0 Å². The van der Waals surface area contributed by atoms with Crippen LogP contribution in [-0.2, 0) is 0 Å². The maximum Gasteiger partial charge on any atom is 0.0487 e. The van der Waals surface area contributed by atoms with E-state index in [2.05, 4.69) is 6.07 Å². The van der Waals surface area contributed by atoms with Crippen molar-refractivity contribution < 1.29 is 0 Å². The summed E-state index contributed by atoms with van der Waals surface area (Å²) in [4.78, 5) is 2.70. The molecule has 0 aromatic heterocycles. The summed E-state index contributed by atoms with van der Waals surface area (Å²) >= 11 is 9.54. The molecule has 1 aliphatic rings. The van der Waals surface area contributed by atoms with Gasteiger partial charge in [0, 0.05) is 19.9 Å². The van der Waals surface area contributed by atoms with Gasteiger partial charge >= 0.3 is 0 Å². The maximum atomic E-state index is 5.80. The molecule has 0 unspecified atom stereocenters. The zero-order valence-electron chi connectivity index (χ0n) is 5.13. The Morgan fingerprint density at radius 2 is 2.00 bits per heavy atom. The van der Waals surface area contributed by atoms with Gasteiger partial charge in [0.25, 0.3) is 0 Å². The molecule has 52 valence electrons. The third kappa shape index (κ3) is 1.16. The third-order valence-electron chi connectivity index (χ3n) is 1.33. The standard InChI is InChI=1S/C7H5ClS2/c8-5-1-2-6-7(3-5)10-4-9-6/h1-3H,4H2. The molecule has 1 heterocycles. The molecule has 0 aliphatic carbocycles. The molecule has 0 bridgehead atoms. The van der Waals surface area contributed by atoms with Gasteiger partial charge in [0.1, 0.15) is 0 Å². The van der Waals surface area contributed by atoms with Gasteiger partial charge in [0.15, 0.2) is 0 Å². The highest BCUT2D eigenvalue weighted by Crippen LogP contribution is 2.42. The Balaban J connectivity index is 2.52. The fourth-order valence-electron chi connectivity index (χ4n) is 0.870. The SMILES string of the molecule is Clc1ccc2c(c1)SCS2. The van der Waals surface area contributed by atoms with Gasteiger partial charge in [0.2, 0.25) is 0 Å². The molecular weight excluding hydrogens is 184 g/mol. The summed E-state index contributed by atoms with van der Waals surface area (Å²) in [5.74, 6) is 0. The Bertz CT molecular complexity index is 260. The van der Waals surface area contributed by atoms with Gasteiger partial charge in [-0.2, -0.15) is 0 Å². The Kier molecular flexibility index (Phi) is 1.85. The number of fused-ring (bicyclic) bond motifs is 1. The molecule has 0 saturated carbocycles. The largest absolute Gasteiger partial charge is 0.114 e. The molecule has 0 spiro atoms. The molecule has 10 heavy (non-hydrogen) atoms. The van der Waals surface area contributed by atoms with Crippen molar-refractivity contribution >= 4 is 35.1 Å². The Morgan fingerprint density at radius 1 is 1.20 bits per heavy atom. The second kappa shape index (κ2) is 2.68. The monoisotopic (exact) mass is 188 g/mol. The van der Waals surface area contributed by atoms with E-state index >= 15 is 0 Å². The van der Waals surface area contributed by atoms with Crippen LogP contribution in [0.1, 0.15) is 0 Å². The van der Waals surface area contributed by atoms with E-state index in [0.29, 0.717) is 0 Å². The highest BCUT2D eigenvalue weighted by molar-refractivity contribution is 8.18. The number of hydrogen-bond acceptors (Lipinski definition) is 2. The number of thioether (sulfide) groups is 2. The van der Waals surface area contributed by atoms with Crippen LogP contribution in [0.2, 0.25) is 5.02 Å². The van der Waals surface area contributed by atoms with Crippen LogP contribution < -0.4 is 0 Å². The molecule has 0 N–H and O–H groups in total. The topological polar surface area (TPSA) is 0 Å². The first kappa shape index (κ1) is 6.89. The zero-order chi connectivity index (χ0) is 6.97. The van der Waals surface area contributed by atoms with Crippen molar-refractivity contribution in [1.82, 2.24) is 0 Å². The Morgan fingerprint density at radius 3 is 2.90 bits per heavy atom. The molecule has 0 amide bonds. The highest BCUT2D eigenvalue weighted by Gasteiger charge is 2.10. The summed E-state index contributed by atoms with van der Waals surface area (Å²) in [5.41, 5.74) is 0. The summed E-state index contributed by atoms with van der Waals surface area (Å²) in [7, 11) is 0. The molecule has 0 atom stereocenters. The lowest BCUT2D eigenvalue weighted by Gasteiger charge is -1.94. The van der Waals surface area contributed by atoms with Crippen LogP contribution in [0.25, 0.3) is 0 Å². The van der Waals surface area contributed by atoms with Crippen molar-refractivity contribution in [2.75, 3.05) is 5.08 Å². The van der Waals surface area contributed by atoms with Gasteiger partial charge in [0.05, 0.1) is 0 Å². The highest BCUT2D eigenvalue weighted by atomic mass is 35.5. The second-order valence-electron chi connectivity index (χ2n) is 2.00. The normalized spacial score (nSPS) is 15.3. The molecule has 2 rings (SSSR count). The Labute approximate surface area is 73.3 Å². The van der Waals surface area contributed by atoms with Gasteiger partial charge in [-0.1, -0.05) is 11.6 Å². The van der Waals surface area contributed by atoms with Crippen LogP contribution in [0.3, 0.4) is 0 Å². The van der Waals surface area contributed by atoms with Crippen LogP contribution in [0.4, 0.5) is 0 Å². The minimum atomic E-state index is 0.841. The van der Waals surface area contributed by atoms with Crippen LogP contribution in [0.5, 0.6) is 0 Å². The predicted molar refractivity (Wildman–Crippen MR) is 48.0 cm³/mol. The molecule has 1 aromatic carbocycles. The van der Waals surface area contributed by atoms with E-state index in [4.69, 9.17) is 11.6 Å². The van der Waals surface area contributed by atoms with Crippen LogP contribution in [0.15, 0.2) is 28.0 Å². The zero-order valence-corrected chi connectivity index (χ0v) is 7.52. The van der Waals surface area contributed by atoms with Gasteiger partial charge < -0.3 is 0 Å². The van der Waals surface area contributed by atoms with Gasteiger partial charge in [-0.05, 0) is 18.2 Å². The van der Waals surface area contributed by atoms with E-state index in [0.717, 1.165) is 10.1 Å². The summed E-state index contributed by atoms with van der Waals surface area (Å²) < 4.78 is 0. The Hall–Kier alpha value is 0.210. The van der Waals surface area contributed by atoms with E-state index in [1.54, 1.807) is 0 Å². The molecule has 1 aromatic rings. The van der Waals surface area contributed by atoms with Crippen molar-refractivity contribution in [2.45, 2.75) is 9.79 Å². The van der Waals surface area contributed by atoms with Crippen molar-refractivity contribution in [3.8, 4) is 0 Å². The minimum Gasteiger partial charge on any atom is -0.114 e. The minimum absolute atomic E-state index is 0.841. The molecule has 0 saturated heterocycles. The molecule has 0 fully saturated rings. The van der Waals surface area contributed by atoms with E-state index < -0.39 is 0 Å². The number of hydrogen-bond donors (Lipinski definition) is 0. The van der Waals surface area contributed by atoms with E-state index in [1.165, 1.54) is 9.79 Å². The number of benzene rings is 1. The van der Waals surface area contributed by atoms with Crippen LogP contribution >= 0.6 is 35.1 Å². The summed E-state index contributed by atoms with van der Waals surface area (Å²) in [5, 5.41) is 1.98. The summed E-state index contributed by atoms with van der Waals surface area (Å²) in [6, 6.07) is 6.06. The lowest BCUT2D eigenvalue weighted by molar-refractivity contribution is 1.27. The van der Waals surface area contributed by atoms with E-state index in [-0.39, 0.29) is 0 Å². The van der Waals surface area contributed by atoms with Crippen molar-refractivity contribution in [2.24, 2.45) is 0 Å². The first-order chi connectivity index (χ1) is 4.86.